The van der Waals surface area contributed by atoms with E-state index in [1.54, 1.807) is 31.5 Å². The number of para-hydroxylation sites is 1. The number of piperazine rings is 1. The Labute approximate surface area is 391 Å². The second-order valence-corrected chi connectivity index (χ2v) is 21.7. The lowest BCUT2D eigenvalue weighted by Crippen LogP contribution is -2.53. The van der Waals surface area contributed by atoms with Crippen molar-refractivity contribution in [2.45, 2.75) is 57.2 Å². The van der Waals surface area contributed by atoms with Crippen LogP contribution >= 0.6 is 18.7 Å². The third-order valence-electron chi connectivity index (χ3n) is 13.4. The highest BCUT2D eigenvalue weighted by atomic mass is 35.5. The van der Waals surface area contributed by atoms with E-state index in [1.165, 1.54) is 5.56 Å². The van der Waals surface area contributed by atoms with Crippen LogP contribution in [0.15, 0.2) is 91.1 Å². The Bertz CT molecular complexity index is 2660. The topological polar surface area (TPSA) is 152 Å². The molecule has 344 valence electrons. The Balaban J connectivity index is 0.712. The van der Waals surface area contributed by atoms with Crippen LogP contribution in [0.4, 0.5) is 28.8 Å². The Morgan fingerprint density at radius 2 is 1.61 bits per heavy atom. The predicted octanol–water partition coefficient (Wildman–Crippen LogP) is 7.52. The van der Waals surface area contributed by atoms with Crippen LogP contribution in [0, 0.1) is 0 Å². The normalized spacial score (nSPS) is 18.6. The molecule has 66 heavy (non-hydrogen) atoms. The summed E-state index contributed by atoms with van der Waals surface area (Å²) in [4.78, 5) is 55.6. The minimum Gasteiger partial charge on any atom is -0.494 e. The molecule has 0 saturated carbocycles. The van der Waals surface area contributed by atoms with E-state index in [4.69, 9.17) is 16.3 Å². The fraction of sp³-hybridized carbons (Fsp3) is 0.380. The van der Waals surface area contributed by atoms with E-state index in [9.17, 15) is 18.9 Å². The Kier molecular flexibility index (Phi) is 13.5. The second kappa shape index (κ2) is 19.6. The van der Waals surface area contributed by atoms with Gasteiger partial charge in [0.15, 0.2) is 5.82 Å². The molecule has 16 heteroatoms. The lowest BCUT2D eigenvalue weighted by Gasteiger charge is -2.43. The third-order valence-corrected chi connectivity index (χ3v) is 15.2. The van der Waals surface area contributed by atoms with Crippen molar-refractivity contribution in [3.8, 4) is 16.9 Å². The molecule has 5 heterocycles. The number of nitrogens with one attached hydrogen (secondary N) is 3. The van der Waals surface area contributed by atoms with Gasteiger partial charge in [0, 0.05) is 80.9 Å². The van der Waals surface area contributed by atoms with E-state index >= 15 is 0 Å². The summed E-state index contributed by atoms with van der Waals surface area (Å²) in [7, 11) is -0.879. The first-order valence-electron chi connectivity index (χ1n) is 22.9. The molecule has 0 spiro atoms. The molecular formula is C50H57ClN9O5P. The van der Waals surface area contributed by atoms with Gasteiger partial charge in [-0.05, 0) is 111 Å². The first-order valence-corrected chi connectivity index (χ1v) is 25.9. The number of hydrogen-bond acceptors (Lipinski definition) is 12. The molecule has 0 bridgehead atoms. The molecule has 3 N–H and O–H groups in total. The van der Waals surface area contributed by atoms with Crippen molar-refractivity contribution in [2.75, 3.05) is 81.8 Å². The number of aryl methyl sites for hydroxylation is 1. The van der Waals surface area contributed by atoms with Crippen LogP contribution in [-0.2, 0) is 27.1 Å². The summed E-state index contributed by atoms with van der Waals surface area (Å²) in [5.74, 6) is 0.634. The Morgan fingerprint density at radius 3 is 2.35 bits per heavy atom. The zero-order valence-corrected chi connectivity index (χ0v) is 39.4. The molecule has 3 saturated heterocycles. The fourth-order valence-electron chi connectivity index (χ4n) is 9.76. The van der Waals surface area contributed by atoms with E-state index in [2.05, 4.69) is 83.1 Å². The molecule has 9 rings (SSSR count). The molecule has 1 atom stereocenters. The van der Waals surface area contributed by atoms with Crippen molar-refractivity contribution in [3.63, 3.8) is 0 Å². The van der Waals surface area contributed by atoms with Crippen LogP contribution in [0.2, 0.25) is 5.02 Å². The van der Waals surface area contributed by atoms with Crippen LogP contribution in [0.3, 0.4) is 0 Å². The van der Waals surface area contributed by atoms with Crippen LogP contribution in [-0.4, -0.2) is 121 Å². The van der Waals surface area contributed by atoms with Gasteiger partial charge in [0.05, 0.1) is 24.7 Å². The minimum atomic E-state index is -2.55. The van der Waals surface area contributed by atoms with Crippen molar-refractivity contribution in [1.29, 1.82) is 0 Å². The average molecular weight is 930 g/mol. The number of carbonyl (C=O) groups is 3. The Morgan fingerprint density at radius 1 is 0.848 bits per heavy atom. The minimum absolute atomic E-state index is 0.150. The summed E-state index contributed by atoms with van der Waals surface area (Å²) < 4.78 is 18.8. The molecule has 1 unspecified atom stereocenters. The molecule has 0 aliphatic carbocycles. The second-order valence-electron chi connectivity index (χ2n) is 18.1. The highest BCUT2D eigenvalue weighted by molar-refractivity contribution is 7.70. The van der Waals surface area contributed by atoms with Gasteiger partial charge in [-0.25, -0.2) is 4.98 Å². The van der Waals surface area contributed by atoms with Gasteiger partial charge in [0.25, 0.3) is 5.91 Å². The number of benzene rings is 4. The van der Waals surface area contributed by atoms with Crippen LogP contribution in [0.5, 0.6) is 5.75 Å². The number of anilines is 5. The van der Waals surface area contributed by atoms with Crippen LogP contribution < -0.4 is 30.9 Å². The molecule has 3 fully saturated rings. The summed E-state index contributed by atoms with van der Waals surface area (Å²) in [6.45, 7) is 11.3. The lowest BCUT2D eigenvalue weighted by atomic mass is 9.98. The van der Waals surface area contributed by atoms with Crippen molar-refractivity contribution < 1.29 is 23.7 Å². The first kappa shape index (κ1) is 45.4. The zero-order valence-electron chi connectivity index (χ0n) is 37.8. The van der Waals surface area contributed by atoms with Gasteiger partial charge in [0.2, 0.25) is 17.8 Å². The van der Waals surface area contributed by atoms with Gasteiger partial charge in [-0.1, -0.05) is 54.1 Å². The molecular weight excluding hydrogens is 873 g/mol. The van der Waals surface area contributed by atoms with Crippen LogP contribution in [0.1, 0.15) is 53.6 Å². The van der Waals surface area contributed by atoms with E-state index in [0.29, 0.717) is 52.8 Å². The predicted molar refractivity (Wildman–Crippen MR) is 262 cm³/mol. The van der Waals surface area contributed by atoms with Gasteiger partial charge in [-0.3, -0.25) is 24.6 Å². The number of rotatable bonds is 14. The standard InChI is InChI=1S/C50H57ClN9O5P/c1-65-44-30-38(15-17-41(44)54-50-52-31-40(51)47(56-50)53-42-8-4-5-9-45(42)66(2,3)64)58-23-20-37(21-24-58)59-27-25-57(26-28-59)22-6-7-33-10-12-34(13-11-33)35-14-16-39-36(29-35)32-60(49(39)63)43-18-19-46(61)55-48(43)62/h4-5,8-17,29-31,37,43H,6-7,18-28,32H2,1-3H3,(H,55,61,62)(H2,52,53,54,56). The molecule has 4 aromatic carbocycles. The highest BCUT2D eigenvalue weighted by Gasteiger charge is 2.39. The maximum Gasteiger partial charge on any atom is 0.255 e. The number of ether oxygens (including phenoxy) is 1. The zero-order chi connectivity index (χ0) is 46.0. The maximum atomic E-state index is 13.1. The molecule has 5 aromatic rings. The van der Waals surface area contributed by atoms with Crippen molar-refractivity contribution in [1.82, 2.24) is 30.0 Å². The molecule has 1 aromatic heterocycles. The number of halogens is 1. The summed E-state index contributed by atoms with van der Waals surface area (Å²) in [5.41, 5.74) is 7.56. The van der Waals surface area contributed by atoms with E-state index in [0.717, 1.165) is 105 Å². The number of amides is 3. The number of hydrogen-bond donors (Lipinski definition) is 3. The number of imide groups is 1. The number of methoxy groups -OCH3 is 1. The number of fused-ring (bicyclic) bond motifs is 1. The molecule has 14 nitrogen and oxygen atoms in total. The smallest absolute Gasteiger partial charge is 0.255 e. The van der Waals surface area contributed by atoms with Gasteiger partial charge in [-0.15, -0.1) is 0 Å². The van der Waals surface area contributed by atoms with Crippen LogP contribution in [0.25, 0.3) is 11.1 Å². The van der Waals surface area contributed by atoms with E-state index < -0.39 is 13.2 Å². The van der Waals surface area contributed by atoms with Crippen molar-refractivity contribution in [2.24, 2.45) is 0 Å². The molecule has 4 aliphatic heterocycles. The average Bonchev–Trinajstić information content (AvgIpc) is 3.65. The van der Waals surface area contributed by atoms with E-state index in [-0.39, 0.29) is 24.1 Å². The van der Waals surface area contributed by atoms with Gasteiger partial charge in [0.1, 0.15) is 24.0 Å². The molecule has 4 aliphatic rings. The van der Waals surface area contributed by atoms with E-state index in [1.807, 2.05) is 42.5 Å². The lowest BCUT2D eigenvalue weighted by molar-refractivity contribution is -0.136. The Hall–Kier alpha value is -5.79. The highest BCUT2D eigenvalue weighted by Crippen LogP contribution is 2.39. The summed E-state index contributed by atoms with van der Waals surface area (Å²) in [5, 5.41) is 10.0. The van der Waals surface area contributed by atoms with Gasteiger partial charge >= 0.3 is 0 Å². The quantitative estimate of drug-likeness (QED) is 0.0747. The fourth-order valence-corrected chi connectivity index (χ4v) is 11.1. The summed E-state index contributed by atoms with van der Waals surface area (Å²) >= 11 is 6.50. The van der Waals surface area contributed by atoms with Gasteiger partial charge < -0.3 is 34.6 Å². The van der Waals surface area contributed by atoms with Crippen molar-refractivity contribution >= 4 is 70.6 Å². The largest absolute Gasteiger partial charge is 0.494 e. The number of aromatic nitrogens is 2. The molecule has 3 amide bonds. The summed E-state index contributed by atoms with van der Waals surface area (Å²) in [6.07, 6.45) is 6.51. The maximum absolute atomic E-state index is 13.1. The molecule has 0 radical (unpaired) electrons. The summed E-state index contributed by atoms with van der Waals surface area (Å²) in [6, 6.07) is 28.3. The number of piperidine rings is 2. The third kappa shape index (κ3) is 10.1. The number of carbonyl (C=O) groups excluding carboxylic acids is 3. The van der Waals surface area contributed by atoms with Gasteiger partial charge in [-0.2, -0.15) is 4.98 Å². The number of nitrogens with zero attached hydrogens (tertiary/aromatic N) is 6. The monoisotopic (exact) mass is 929 g/mol. The SMILES string of the molecule is COc1cc(N2CCC(N3CCN(CCCc4ccc(-c5ccc6c(c5)CN(C5CCC(=O)NC5=O)C6=O)cc4)CC3)CC2)ccc1Nc1ncc(Cl)c(Nc2ccccc2P(C)(C)=O)n1. The first-order chi connectivity index (χ1) is 31.9. The van der Waals surface area contributed by atoms with Crippen molar-refractivity contribution in [3.05, 3.63) is 113 Å².